The largest absolute Gasteiger partial charge is 0.396 e. The summed E-state index contributed by atoms with van der Waals surface area (Å²) >= 11 is 0. The lowest BCUT2D eigenvalue weighted by Crippen LogP contribution is -2.40. The maximum absolute atomic E-state index is 11.9. The molecular formula is C17H27N3O2. The zero-order chi connectivity index (χ0) is 16.1. The molecule has 2 amide bonds. The van der Waals surface area contributed by atoms with Crippen molar-refractivity contribution < 1.29 is 9.90 Å². The minimum atomic E-state index is -0.240. The molecule has 0 saturated carbocycles. The molecule has 1 fully saturated rings. The van der Waals surface area contributed by atoms with Crippen LogP contribution in [-0.4, -0.2) is 36.9 Å². The van der Waals surface area contributed by atoms with Crippen LogP contribution in [0.15, 0.2) is 24.3 Å². The van der Waals surface area contributed by atoms with Gasteiger partial charge in [-0.3, -0.25) is 0 Å². The Hall–Kier alpha value is -1.75. The van der Waals surface area contributed by atoms with Crippen LogP contribution in [0.2, 0.25) is 0 Å². The number of carbonyl (C=O) groups excluding carboxylic acids is 1. The number of amides is 2. The molecular weight excluding hydrogens is 278 g/mol. The molecule has 1 aliphatic heterocycles. The molecule has 0 aromatic heterocycles. The fraction of sp³-hybridized carbons (Fsp3) is 0.588. The van der Waals surface area contributed by atoms with Crippen LogP contribution in [0.25, 0.3) is 0 Å². The first kappa shape index (κ1) is 16.6. The lowest BCUT2D eigenvalue weighted by molar-refractivity contribution is 0.204. The van der Waals surface area contributed by atoms with Gasteiger partial charge in [0.1, 0.15) is 0 Å². The Bertz CT molecular complexity index is 489. The van der Waals surface area contributed by atoms with Gasteiger partial charge < -0.3 is 20.6 Å². The monoisotopic (exact) mass is 305 g/mol. The van der Waals surface area contributed by atoms with E-state index in [4.69, 9.17) is 5.11 Å². The number of rotatable bonds is 5. The minimum Gasteiger partial charge on any atom is -0.396 e. The summed E-state index contributed by atoms with van der Waals surface area (Å²) in [6.07, 6.45) is 1.24. The summed E-state index contributed by atoms with van der Waals surface area (Å²) < 4.78 is 0. The fourth-order valence-electron chi connectivity index (χ4n) is 2.60. The van der Waals surface area contributed by atoms with Gasteiger partial charge in [-0.1, -0.05) is 13.8 Å². The predicted octanol–water partition coefficient (Wildman–Crippen LogP) is 2.67. The van der Waals surface area contributed by atoms with Gasteiger partial charge in [-0.2, -0.15) is 0 Å². The maximum atomic E-state index is 11.9. The maximum Gasteiger partial charge on any atom is 0.319 e. The highest BCUT2D eigenvalue weighted by molar-refractivity contribution is 5.89. The molecule has 5 nitrogen and oxygen atoms in total. The van der Waals surface area contributed by atoms with Crippen molar-refractivity contribution in [1.82, 2.24) is 5.32 Å². The van der Waals surface area contributed by atoms with Gasteiger partial charge in [-0.25, -0.2) is 4.79 Å². The van der Waals surface area contributed by atoms with Crippen molar-refractivity contribution in [2.24, 2.45) is 11.8 Å². The SMILES string of the molecule is CC1CCN(c2ccc(NC(=O)NC(C)C(C)CO)cc2)C1. The third kappa shape index (κ3) is 4.37. The predicted molar refractivity (Wildman–Crippen MR) is 90.3 cm³/mol. The molecule has 1 heterocycles. The van der Waals surface area contributed by atoms with Crippen LogP contribution >= 0.6 is 0 Å². The lowest BCUT2D eigenvalue weighted by atomic mass is 10.1. The lowest BCUT2D eigenvalue weighted by Gasteiger charge is -2.20. The zero-order valence-corrected chi connectivity index (χ0v) is 13.7. The van der Waals surface area contributed by atoms with E-state index >= 15 is 0 Å². The molecule has 1 saturated heterocycles. The van der Waals surface area contributed by atoms with Crippen LogP contribution in [0.1, 0.15) is 27.2 Å². The number of hydrogen-bond donors (Lipinski definition) is 3. The van der Waals surface area contributed by atoms with Crippen molar-refractivity contribution in [3.8, 4) is 0 Å². The van der Waals surface area contributed by atoms with Gasteiger partial charge in [0.25, 0.3) is 0 Å². The first-order valence-electron chi connectivity index (χ1n) is 8.03. The Morgan fingerprint density at radius 3 is 2.59 bits per heavy atom. The Kier molecular flexibility index (Phi) is 5.66. The van der Waals surface area contributed by atoms with Crippen molar-refractivity contribution in [2.45, 2.75) is 33.2 Å². The third-order valence-corrected chi connectivity index (χ3v) is 4.41. The highest BCUT2D eigenvalue weighted by Crippen LogP contribution is 2.24. The molecule has 0 spiro atoms. The van der Waals surface area contributed by atoms with Crippen LogP contribution < -0.4 is 15.5 Å². The van der Waals surface area contributed by atoms with Gasteiger partial charge in [-0.15, -0.1) is 0 Å². The Morgan fingerprint density at radius 2 is 2.05 bits per heavy atom. The van der Waals surface area contributed by atoms with Gasteiger partial charge in [0.2, 0.25) is 0 Å². The molecule has 2 rings (SSSR count). The van der Waals surface area contributed by atoms with Crippen LogP contribution in [0, 0.1) is 11.8 Å². The molecule has 0 radical (unpaired) electrons. The Morgan fingerprint density at radius 1 is 1.36 bits per heavy atom. The van der Waals surface area contributed by atoms with Gasteiger partial charge in [-0.05, 0) is 49.4 Å². The van der Waals surface area contributed by atoms with E-state index in [0.717, 1.165) is 24.7 Å². The van der Waals surface area contributed by atoms with Gasteiger partial charge in [0.05, 0.1) is 0 Å². The van der Waals surface area contributed by atoms with E-state index in [9.17, 15) is 4.79 Å². The number of aliphatic hydroxyl groups excluding tert-OH is 1. The van der Waals surface area contributed by atoms with Crippen molar-refractivity contribution in [3.63, 3.8) is 0 Å². The van der Waals surface area contributed by atoms with E-state index in [1.54, 1.807) is 0 Å². The number of benzene rings is 1. The summed E-state index contributed by atoms with van der Waals surface area (Å²) in [5, 5.41) is 14.7. The molecule has 5 heteroatoms. The van der Waals surface area contributed by atoms with E-state index in [0.29, 0.717) is 0 Å². The van der Waals surface area contributed by atoms with Crippen LogP contribution in [0.3, 0.4) is 0 Å². The van der Waals surface area contributed by atoms with Crippen molar-refractivity contribution in [3.05, 3.63) is 24.3 Å². The molecule has 122 valence electrons. The number of nitrogens with zero attached hydrogens (tertiary/aromatic N) is 1. The molecule has 22 heavy (non-hydrogen) atoms. The fourth-order valence-corrected chi connectivity index (χ4v) is 2.60. The first-order chi connectivity index (χ1) is 10.5. The van der Waals surface area contributed by atoms with Crippen molar-refractivity contribution in [1.29, 1.82) is 0 Å². The Balaban J connectivity index is 1.87. The summed E-state index contributed by atoms with van der Waals surface area (Å²) in [7, 11) is 0. The normalized spacial score (nSPS) is 20.5. The second-order valence-corrected chi connectivity index (χ2v) is 6.43. The van der Waals surface area contributed by atoms with Crippen LogP contribution in [-0.2, 0) is 0 Å². The molecule has 1 aliphatic rings. The van der Waals surface area contributed by atoms with E-state index in [1.165, 1.54) is 12.1 Å². The molecule has 1 aromatic carbocycles. The second-order valence-electron chi connectivity index (χ2n) is 6.43. The van der Waals surface area contributed by atoms with Gasteiger partial charge in [0.15, 0.2) is 0 Å². The summed E-state index contributed by atoms with van der Waals surface area (Å²) in [6, 6.07) is 7.64. The Labute approximate surface area is 132 Å². The summed E-state index contributed by atoms with van der Waals surface area (Å²) in [5.41, 5.74) is 1.98. The van der Waals surface area contributed by atoms with Crippen molar-refractivity contribution in [2.75, 3.05) is 29.9 Å². The number of nitrogens with one attached hydrogen (secondary N) is 2. The zero-order valence-electron chi connectivity index (χ0n) is 13.7. The molecule has 0 aliphatic carbocycles. The number of carbonyl (C=O) groups is 1. The van der Waals surface area contributed by atoms with E-state index in [2.05, 4.69) is 22.5 Å². The average Bonchev–Trinajstić information content (AvgIpc) is 2.93. The smallest absolute Gasteiger partial charge is 0.319 e. The average molecular weight is 305 g/mol. The third-order valence-electron chi connectivity index (χ3n) is 4.41. The van der Waals surface area contributed by atoms with Gasteiger partial charge in [0, 0.05) is 37.1 Å². The molecule has 3 unspecified atom stereocenters. The van der Waals surface area contributed by atoms with E-state index in [-0.39, 0.29) is 24.6 Å². The van der Waals surface area contributed by atoms with Gasteiger partial charge >= 0.3 is 6.03 Å². The molecule has 0 bridgehead atoms. The second kappa shape index (κ2) is 7.49. The summed E-state index contributed by atoms with van der Waals surface area (Å²) in [6.45, 7) is 8.32. The summed E-state index contributed by atoms with van der Waals surface area (Å²) in [4.78, 5) is 14.3. The van der Waals surface area contributed by atoms with Crippen molar-refractivity contribution >= 4 is 17.4 Å². The van der Waals surface area contributed by atoms with Crippen LogP contribution in [0.5, 0.6) is 0 Å². The van der Waals surface area contributed by atoms with E-state index < -0.39 is 0 Å². The number of anilines is 2. The number of aliphatic hydroxyl groups is 1. The van der Waals surface area contributed by atoms with Crippen LogP contribution in [0.4, 0.5) is 16.2 Å². The molecule has 3 N–H and O–H groups in total. The number of hydrogen-bond acceptors (Lipinski definition) is 3. The highest BCUT2D eigenvalue weighted by Gasteiger charge is 2.19. The first-order valence-corrected chi connectivity index (χ1v) is 8.03. The summed E-state index contributed by atoms with van der Waals surface area (Å²) in [5.74, 6) is 0.781. The topological polar surface area (TPSA) is 64.6 Å². The standard InChI is InChI=1S/C17H27N3O2/c1-12-8-9-20(10-12)16-6-4-15(5-7-16)19-17(22)18-14(3)13(2)11-21/h4-7,12-14,21H,8-11H2,1-3H3,(H2,18,19,22). The molecule has 3 atom stereocenters. The number of urea groups is 1. The highest BCUT2D eigenvalue weighted by atomic mass is 16.3. The quantitative estimate of drug-likeness (QED) is 0.783. The molecule has 1 aromatic rings. The van der Waals surface area contributed by atoms with E-state index in [1.807, 2.05) is 38.1 Å². The minimum absolute atomic E-state index is 0.0327.